The van der Waals surface area contributed by atoms with Gasteiger partial charge < -0.3 is 24.6 Å². The highest BCUT2D eigenvalue weighted by Crippen LogP contribution is 2.71. The van der Waals surface area contributed by atoms with Gasteiger partial charge in [-0.2, -0.15) is 0 Å². The largest absolute Gasteiger partial charge is 0.353 e. The van der Waals surface area contributed by atoms with E-state index in [0.717, 1.165) is 69.7 Å². The zero-order chi connectivity index (χ0) is 32.4. The summed E-state index contributed by atoms with van der Waals surface area (Å²) in [6.07, 6.45) is 16.0. The third-order valence-corrected chi connectivity index (χ3v) is 15.7. The van der Waals surface area contributed by atoms with Gasteiger partial charge in [-0.25, -0.2) is 0 Å². The Morgan fingerprint density at radius 1 is 0.913 bits per heavy atom. The van der Waals surface area contributed by atoms with Crippen LogP contribution in [0.2, 0.25) is 0 Å². The average molecular weight is 640 g/mol. The van der Waals surface area contributed by atoms with Gasteiger partial charge in [0.15, 0.2) is 5.79 Å². The van der Waals surface area contributed by atoms with Crippen LogP contribution < -0.4 is 5.32 Å². The molecule has 3 aliphatic heterocycles. The van der Waals surface area contributed by atoms with E-state index in [4.69, 9.17) is 9.47 Å². The Hall–Kier alpha value is -1.18. The number of likely N-dealkylation sites (tertiary alicyclic amines) is 1. The molecule has 1 N–H and O–H groups in total. The summed E-state index contributed by atoms with van der Waals surface area (Å²) in [5.74, 6) is 5.03. The third kappa shape index (κ3) is 5.78. The highest BCUT2D eigenvalue weighted by molar-refractivity contribution is 5.96. The Bertz CT molecular complexity index is 1130. The van der Waals surface area contributed by atoms with Crippen molar-refractivity contribution < 1.29 is 19.1 Å². The smallest absolute Gasteiger partial charge is 0.231 e. The van der Waals surface area contributed by atoms with Crippen molar-refractivity contribution in [2.45, 2.75) is 136 Å². The molecule has 7 heteroatoms. The molecule has 3 saturated heterocycles. The normalized spacial score (nSPS) is 47.5. The summed E-state index contributed by atoms with van der Waals surface area (Å²) < 4.78 is 13.5. The van der Waals surface area contributed by atoms with E-state index < -0.39 is 0 Å². The van der Waals surface area contributed by atoms with Gasteiger partial charge in [0.1, 0.15) is 6.42 Å². The van der Waals surface area contributed by atoms with Crippen LogP contribution in [0.1, 0.15) is 118 Å². The monoisotopic (exact) mass is 639 g/mol. The number of nitrogens with zero attached hydrogens (tertiary/aromatic N) is 2. The van der Waals surface area contributed by atoms with Gasteiger partial charge in [0, 0.05) is 32.0 Å². The number of rotatable bonds is 6. The van der Waals surface area contributed by atoms with Crippen molar-refractivity contribution in [3.8, 4) is 0 Å². The summed E-state index contributed by atoms with van der Waals surface area (Å²) in [6.45, 7) is 13.9. The second-order valence-electron chi connectivity index (χ2n) is 18.2. The quantitative estimate of drug-likeness (QED) is 0.336. The number of carbonyl (C=O) groups excluding carboxylic acids is 2. The molecule has 0 aromatic carbocycles. The number of hydrogen-bond acceptors (Lipinski definition) is 5. The SMILES string of the molecule is C[C@H]1CC[C@@]2(OC1)O[C@H]1C[C@H]3[C@@H]4CC[C@@H]5C[C@@H](NC(=O)CC(=O)N(C)CCC6CCN(C)CC6)CC[C@]5(C)C4CC[C@]3(C)[C@H]1[C@@H]2C. The Kier molecular flexibility index (Phi) is 9.14. The molecule has 0 bridgehead atoms. The van der Waals surface area contributed by atoms with Crippen LogP contribution in [-0.2, 0) is 19.1 Å². The predicted octanol–water partition coefficient (Wildman–Crippen LogP) is 6.50. The molecule has 0 radical (unpaired) electrons. The van der Waals surface area contributed by atoms with Crippen molar-refractivity contribution in [3.05, 3.63) is 0 Å². The van der Waals surface area contributed by atoms with E-state index in [1.54, 1.807) is 4.90 Å². The summed E-state index contributed by atoms with van der Waals surface area (Å²) in [5, 5.41) is 3.32. The molecule has 4 saturated carbocycles. The fraction of sp³-hybridized carbons (Fsp3) is 0.949. The molecule has 7 nitrogen and oxygen atoms in total. The molecule has 1 spiro atoms. The molecule has 7 rings (SSSR count). The number of ether oxygens (including phenoxy) is 2. The molecule has 7 aliphatic rings. The first-order valence-electron chi connectivity index (χ1n) is 19.5. The van der Waals surface area contributed by atoms with Crippen LogP contribution >= 0.6 is 0 Å². The van der Waals surface area contributed by atoms with Gasteiger partial charge in [-0.3, -0.25) is 9.59 Å². The van der Waals surface area contributed by atoms with Crippen molar-refractivity contribution in [2.75, 3.05) is 40.3 Å². The van der Waals surface area contributed by atoms with E-state index in [0.29, 0.717) is 46.5 Å². The first kappa shape index (κ1) is 33.3. The summed E-state index contributed by atoms with van der Waals surface area (Å²) in [7, 11) is 4.06. The minimum Gasteiger partial charge on any atom is -0.353 e. The summed E-state index contributed by atoms with van der Waals surface area (Å²) in [4.78, 5) is 30.1. The maximum absolute atomic E-state index is 13.1. The molecule has 0 aromatic heterocycles. The first-order chi connectivity index (χ1) is 21.9. The highest BCUT2D eigenvalue weighted by Gasteiger charge is 2.69. The van der Waals surface area contributed by atoms with Crippen molar-refractivity contribution in [1.82, 2.24) is 15.1 Å². The summed E-state index contributed by atoms with van der Waals surface area (Å²) in [5.41, 5.74) is 0.728. The minimum atomic E-state index is -0.328. The van der Waals surface area contributed by atoms with E-state index in [-0.39, 0.29) is 30.1 Å². The van der Waals surface area contributed by atoms with Crippen LogP contribution in [0.15, 0.2) is 0 Å². The Morgan fingerprint density at radius 2 is 1.67 bits per heavy atom. The number of nitrogens with one attached hydrogen (secondary N) is 1. The van der Waals surface area contributed by atoms with Crippen LogP contribution in [0.25, 0.3) is 0 Å². The lowest BCUT2D eigenvalue weighted by Crippen LogP contribution is -2.56. The number of piperidine rings is 1. The zero-order valence-electron chi connectivity index (χ0n) is 30.0. The van der Waals surface area contributed by atoms with Gasteiger partial charge in [0.05, 0.1) is 12.7 Å². The number of hydrogen-bond donors (Lipinski definition) is 1. The molecule has 46 heavy (non-hydrogen) atoms. The lowest BCUT2D eigenvalue weighted by Gasteiger charge is -2.61. The van der Waals surface area contributed by atoms with E-state index in [1.165, 1.54) is 57.8 Å². The maximum atomic E-state index is 13.1. The Labute approximate surface area is 279 Å². The van der Waals surface area contributed by atoms with Crippen LogP contribution in [0.3, 0.4) is 0 Å². The van der Waals surface area contributed by atoms with Crippen LogP contribution in [0, 0.1) is 58.2 Å². The zero-order valence-corrected chi connectivity index (χ0v) is 30.0. The molecular weight excluding hydrogens is 574 g/mol. The molecule has 7 fully saturated rings. The van der Waals surface area contributed by atoms with E-state index in [9.17, 15) is 9.59 Å². The van der Waals surface area contributed by atoms with Crippen molar-refractivity contribution in [2.24, 2.45) is 58.2 Å². The van der Waals surface area contributed by atoms with Gasteiger partial charge in [-0.1, -0.05) is 27.7 Å². The third-order valence-electron chi connectivity index (χ3n) is 15.7. The first-order valence-corrected chi connectivity index (χ1v) is 19.5. The van der Waals surface area contributed by atoms with Gasteiger partial charge in [-0.15, -0.1) is 0 Å². The minimum absolute atomic E-state index is 0.0124. The Balaban J connectivity index is 0.914. The van der Waals surface area contributed by atoms with E-state index >= 15 is 0 Å². The maximum Gasteiger partial charge on any atom is 0.231 e. The standard InChI is InChI=1S/C39H65N3O4/c1-25-9-17-39(45-24-25)26(2)36-33(46-39)22-32-30-8-7-28-21-29(10-15-37(28,3)31(30)11-16-38(32,36)4)40-34(43)23-35(44)42(6)20-14-27-12-18-41(5)19-13-27/h25-33,36H,7-24H2,1-6H3,(H,40,43)/t25-,26-,28+,29-,30+,31?,32-,33-,36-,37-,38-,39+/m0/s1. The molecule has 12 atom stereocenters. The van der Waals surface area contributed by atoms with Crippen molar-refractivity contribution >= 4 is 11.8 Å². The van der Waals surface area contributed by atoms with E-state index in [1.807, 2.05) is 7.05 Å². The van der Waals surface area contributed by atoms with Crippen LogP contribution in [0.4, 0.5) is 0 Å². The Morgan fingerprint density at radius 3 is 2.41 bits per heavy atom. The fourth-order valence-corrected chi connectivity index (χ4v) is 12.8. The van der Waals surface area contributed by atoms with Gasteiger partial charge in [0.2, 0.25) is 11.8 Å². The average Bonchev–Trinajstić information content (AvgIpc) is 3.47. The van der Waals surface area contributed by atoms with Crippen LogP contribution in [-0.4, -0.2) is 79.9 Å². The topological polar surface area (TPSA) is 71.1 Å². The highest BCUT2D eigenvalue weighted by atomic mass is 16.7. The molecule has 3 heterocycles. The number of carbonyl (C=O) groups is 2. The predicted molar refractivity (Wildman–Crippen MR) is 181 cm³/mol. The molecule has 2 amide bonds. The second-order valence-corrected chi connectivity index (χ2v) is 18.2. The van der Waals surface area contributed by atoms with Gasteiger partial charge in [0.25, 0.3) is 0 Å². The molecular formula is C39H65N3O4. The molecule has 4 aliphatic carbocycles. The second kappa shape index (κ2) is 12.6. The molecule has 1 unspecified atom stereocenters. The van der Waals surface area contributed by atoms with Crippen LogP contribution in [0.5, 0.6) is 0 Å². The lowest BCUT2D eigenvalue weighted by molar-refractivity contribution is -0.273. The lowest BCUT2D eigenvalue weighted by atomic mass is 9.44. The van der Waals surface area contributed by atoms with Gasteiger partial charge in [-0.05, 0) is 149 Å². The van der Waals surface area contributed by atoms with Gasteiger partial charge >= 0.3 is 0 Å². The summed E-state index contributed by atoms with van der Waals surface area (Å²) >= 11 is 0. The van der Waals surface area contributed by atoms with Crippen molar-refractivity contribution in [1.29, 1.82) is 0 Å². The molecule has 260 valence electrons. The molecule has 0 aromatic rings. The van der Waals surface area contributed by atoms with E-state index in [2.05, 4.69) is 45.0 Å². The van der Waals surface area contributed by atoms with Crippen molar-refractivity contribution in [3.63, 3.8) is 0 Å². The summed E-state index contributed by atoms with van der Waals surface area (Å²) in [6, 6.07) is 0.211. The number of fused-ring (bicyclic) bond motifs is 7. The fourth-order valence-electron chi connectivity index (χ4n) is 12.8. The number of amides is 2.